The molecule has 0 aliphatic rings. The predicted octanol–water partition coefficient (Wildman–Crippen LogP) is 3.03. The van der Waals surface area contributed by atoms with Gasteiger partial charge in [0, 0.05) is 35.8 Å². The Kier molecular flexibility index (Phi) is 3.09. The van der Waals surface area contributed by atoms with Crippen molar-refractivity contribution in [1.82, 2.24) is 24.5 Å². The monoisotopic (exact) mass is 320 g/mol. The van der Waals surface area contributed by atoms with Gasteiger partial charge in [-0.05, 0) is 13.0 Å². The van der Waals surface area contributed by atoms with Gasteiger partial charge in [0.25, 0.3) is 5.69 Å². The zero-order chi connectivity index (χ0) is 16.7. The van der Waals surface area contributed by atoms with Gasteiger partial charge in [0.05, 0.1) is 10.3 Å². The van der Waals surface area contributed by atoms with E-state index in [0.717, 1.165) is 22.5 Å². The zero-order valence-electron chi connectivity index (χ0n) is 12.7. The van der Waals surface area contributed by atoms with Gasteiger partial charge in [-0.2, -0.15) is 0 Å². The van der Waals surface area contributed by atoms with Crippen molar-refractivity contribution in [2.75, 3.05) is 0 Å². The van der Waals surface area contributed by atoms with Gasteiger partial charge < -0.3 is 4.98 Å². The fourth-order valence-corrected chi connectivity index (χ4v) is 2.66. The third kappa shape index (κ3) is 2.21. The Labute approximate surface area is 136 Å². The minimum Gasteiger partial charge on any atom is -0.339 e. The number of H-pyrrole nitrogens is 1. The summed E-state index contributed by atoms with van der Waals surface area (Å²) >= 11 is 0. The third-order valence-corrected chi connectivity index (χ3v) is 3.83. The summed E-state index contributed by atoms with van der Waals surface area (Å²) < 4.78 is 1.87. The number of hydrogen-bond acceptors (Lipinski definition) is 5. The number of nitro groups is 1. The summed E-state index contributed by atoms with van der Waals surface area (Å²) in [6.45, 7) is 1.89. The van der Waals surface area contributed by atoms with Crippen molar-refractivity contribution >= 4 is 16.7 Å². The summed E-state index contributed by atoms with van der Waals surface area (Å²) in [6.07, 6.45) is 5.01. The molecule has 0 unspecified atom stereocenters. The number of benzene rings is 1. The molecule has 0 bridgehead atoms. The van der Waals surface area contributed by atoms with E-state index in [-0.39, 0.29) is 5.69 Å². The van der Waals surface area contributed by atoms with E-state index in [4.69, 9.17) is 0 Å². The Morgan fingerprint density at radius 3 is 2.83 bits per heavy atom. The second kappa shape index (κ2) is 5.27. The Morgan fingerprint density at radius 2 is 2.08 bits per heavy atom. The molecule has 4 rings (SSSR count). The Morgan fingerprint density at radius 1 is 1.21 bits per heavy atom. The summed E-state index contributed by atoms with van der Waals surface area (Å²) in [7, 11) is 0. The lowest BCUT2D eigenvalue weighted by Gasteiger charge is -2.03. The van der Waals surface area contributed by atoms with Crippen LogP contribution >= 0.6 is 0 Å². The number of aromatic nitrogens is 5. The first-order chi connectivity index (χ1) is 11.6. The first-order valence-electron chi connectivity index (χ1n) is 7.22. The highest BCUT2D eigenvalue weighted by Crippen LogP contribution is 2.28. The van der Waals surface area contributed by atoms with Gasteiger partial charge in [-0.1, -0.05) is 12.1 Å². The van der Waals surface area contributed by atoms with E-state index in [9.17, 15) is 10.1 Å². The maximum Gasteiger partial charge on any atom is 0.270 e. The summed E-state index contributed by atoms with van der Waals surface area (Å²) in [5, 5.41) is 11.8. The van der Waals surface area contributed by atoms with Crippen molar-refractivity contribution in [1.29, 1.82) is 0 Å². The van der Waals surface area contributed by atoms with E-state index >= 15 is 0 Å². The fourth-order valence-electron chi connectivity index (χ4n) is 2.66. The molecule has 3 heterocycles. The van der Waals surface area contributed by atoms with Crippen molar-refractivity contribution < 1.29 is 4.92 Å². The van der Waals surface area contributed by atoms with Gasteiger partial charge >= 0.3 is 0 Å². The molecule has 0 saturated heterocycles. The highest BCUT2D eigenvalue weighted by atomic mass is 16.6. The van der Waals surface area contributed by atoms with Gasteiger partial charge in [-0.25, -0.2) is 15.0 Å². The van der Waals surface area contributed by atoms with Crippen LogP contribution in [0.4, 0.5) is 5.69 Å². The molecule has 8 nitrogen and oxygen atoms in total. The number of nitrogens with zero attached hydrogens (tertiary/aromatic N) is 5. The van der Waals surface area contributed by atoms with Crippen LogP contribution in [0.1, 0.15) is 5.82 Å². The molecule has 0 fully saturated rings. The smallest absolute Gasteiger partial charge is 0.270 e. The number of rotatable bonds is 3. The SMILES string of the molecule is Cc1nccn1-c1ncnc2[nH]c(-c3cccc([N+](=O)[O-])c3)cc12. The number of aryl methyl sites for hydroxylation is 1. The Balaban J connectivity index is 1.89. The summed E-state index contributed by atoms with van der Waals surface area (Å²) in [5.41, 5.74) is 2.17. The van der Waals surface area contributed by atoms with Crippen LogP contribution in [0.5, 0.6) is 0 Å². The van der Waals surface area contributed by atoms with Gasteiger partial charge in [0.2, 0.25) is 0 Å². The van der Waals surface area contributed by atoms with Crippen LogP contribution < -0.4 is 0 Å². The minimum absolute atomic E-state index is 0.0444. The van der Waals surface area contributed by atoms with E-state index in [0.29, 0.717) is 11.5 Å². The molecule has 0 radical (unpaired) electrons. The molecular weight excluding hydrogens is 308 g/mol. The maximum absolute atomic E-state index is 11.0. The first kappa shape index (κ1) is 14.1. The van der Waals surface area contributed by atoms with E-state index in [1.54, 1.807) is 12.3 Å². The van der Waals surface area contributed by atoms with Gasteiger partial charge in [0.1, 0.15) is 17.8 Å². The first-order valence-corrected chi connectivity index (χ1v) is 7.22. The van der Waals surface area contributed by atoms with E-state index in [1.807, 2.05) is 29.8 Å². The molecule has 0 saturated carbocycles. The average molecular weight is 320 g/mol. The number of non-ortho nitro benzene ring substituents is 1. The molecule has 1 N–H and O–H groups in total. The zero-order valence-corrected chi connectivity index (χ0v) is 12.7. The summed E-state index contributed by atoms with van der Waals surface area (Å²) in [4.78, 5) is 26.6. The second-order valence-electron chi connectivity index (χ2n) is 5.29. The maximum atomic E-state index is 11.0. The lowest BCUT2D eigenvalue weighted by Crippen LogP contribution is -1.99. The summed E-state index contributed by atoms with van der Waals surface area (Å²) in [5.74, 6) is 1.52. The van der Waals surface area contributed by atoms with Crippen molar-refractivity contribution in [3.63, 3.8) is 0 Å². The third-order valence-electron chi connectivity index (χ3n) is 3.83. The van der Waals surface area contributed by atoms with Gasteiger partial charge in [0.15, 0.2) is 5.82 Å². The van der Waals surface area contributed by atoms with Crippen LogP contribution in [-0.2, 0) is 0 Å². The van der Waals surface area contributed by atoms with Crippen LogP contribution in [0.25, 0.3) is 28.1 Å². The molecule has 1 aromatic carbocycles. The van der Waals surface area contributed by atoms with Crippen LogP contribution in [0.3, 0.4) is 0 Å². The van der Waals surface area contributed by atoms with E-state index in [2.05, 4.69) is 19.9 Å². The number of nitrogens with one attached hydrogen (secondary N) is 1. The van der Waals surface area contributed by atoms with E-state index < -0.39 is 4.92 Å². The molecule has 0 amide bonds. The number of imidazole rings is 1. The molecule has 0 aliphatic heterocycles. The molecule has 0 atom stereocenters. The number of hydrogen-bond donors (Lipinski definition) is 1. The van der Waals surface area contributed by atoms with Crippen LogP contribution in [0.15, 0.2) is 49.1 Å². The van der Waals surface area contributed by atoms with Crippen molar-refractivity contribution in [2.24, 2.45) is 0 Å². The van der Waals surface area contributed by atoms with Gasteiger partial charge in [-0.3, -0.25) is 14.7 Å². The number of fused-ring (bicyclic) bond motifs is 1. The average Bonchev–Trinajstić information content (AvgIpc) is 3.20. The van der Waals surface area contributed by atoms with Crippen molar-refractivity contribution in [2.45, 2.75) is 6.92 Å². The van der Waals surface area contributed by atoms with Crippen LogP contribution in [0.2, 0.25) is 0 Å². The molecule has 0 aliphatic carbocycles. The predicted molar refractivity (Wildman–Crippen MR) is 87.8 cm³/mol. The number of nitro benzene ring substituents is 1. The molecule has 8 heteroatoms. The molecule has 0 spiro atoms. The minimum atomic E-state index is -0.410. The topological polar surface area (TPSA) is 103 Å². The largest absolute Gasteiger partial charge is 0.339 e. The van der Waals surface area contributed by atoms with Crippen molar-refractivity contribution in [3.8, 4) is 17.1 Å². The molecular formula is C16H12N6O2. The molecule has 3 aromatic heterocycles. The van der Waals surface area contributed by atoms with Crippen molar-refractivity contribution in [3.05, 3.63) is 65.0 Å². The standard InChI is InChI=1S/C16H12N6O2/c1-10-17-5-6-21(10)16-13-8-14(20-15(13)18-9-19-16)11-3-2-4-12(7-11)22(23)24/h2-9H,1H3,(H,18,19,20). The Bertz CT molecular complexity index is 1070. The Hall–Kier alpha value is -3.55. The molecule has 24 heavy (non-hydrogen) atoms. The highest BCUT2D eigenvalue weighted by molar-refractivity contribution is 5.88. The second-order valence-corrected chi connectivity index (χ2v) is 5.29. The number of aromatic amines is 1. The van der Waals surface area contributed by atoms with Crippen LogP contribution in [-0.4, -0.2) is 29.4 Å². The quantitative estimate of drug-likeness (QED) is 0.461. The normalized spacial score (nSPS) is 11.0. The van der Waals surface area contributed by atoms with Crippen LogP contribution in [0, 0.1) is 17.0 Å². The van der Waals surface area contributed by atoms with E-state index in [1.165, 1.54) is 18.5 Å². The fraction of sp³-hybridized carbons (Fsp3) is 0.0625. The molecule has 118 valence electrons. The molecule has 4 aromatic rings. The summed E-state index contributed by atoms with van der Waals surface area (Å²) in [6, 6.07) is 8.36. The van der Waals surface area contributed by atoms with Gasteiger partial charge in [-0.15, -0.1) is 0 Å². The lowest BCUT2D eigenvalue weighted by atomic mass is 10.1. The lowest BCUT2D eigenvalue weighted by molar-refractivity contribution is -0.384. The highest BCUT2D eigenvalue weighted by Gasteiger charge is 2.13.